The third-order valence-electron chi connectivity index (χ3n) is 3.56. The normalized spacial score (nSPS) is 23.2. The second-order valence-corrected chi connectivity index (χ2v) is 6.22. The molecule has 1 amide bonds. The van der Waals surface area contributed by atoms with Crippen LogP contribution in [0.1, 0.15) is 24.6 Å². The first-order chi connectivity index (χ1) is 9.58. The van der Waals surface area contributed by atoms with Crippen molar-refractivity contribution >= 4 is 23.2 Å². The Morgan fingerprint density at radius 2 is 2.10 bits per heavy atom. The lowest BCUT2D eigenvalue weighted by atomic mass is 9.82. The van der Waals surface area contributed by atoms with Crippen LogP contribution < -0.4 is 5.32 Å². The molecule has 108 valence electrons. The van der Waals surface area contributed by atoms with Gasteiger partial charge in [-0.1, -0.05) is 18.2 Å². The number of nitrogens with one attached hydrogen (secondary N) is 1. The molecule has 4 nitrogen and oxygen atoms in total. The maximum absolute atomic E-state index is 12.2. The lowest BCUT2D eigenvalue weighted by molar-refractivity contribution is -0.147. The van der Waals surface area contributed by atoms with Crippen LogP contribution >= 0.6 is 11.3 Å². The van der Waals surface area contributed by atoms with Crippen molar-refractivity contribution in [2.24, 2.45) is 11.8 Å². The zero-order valence-corrected chi connectivity index (χ0v) is 12.2. The van der Waals surface area contributed by atoms with E-state index in [1.807, 2.05) is 36.6 Å². The molecule has 0 bridgehead atoms. The van der Waals surface area contributed by atoms with Crippen molar-refractivity contribution < 1.29 is 14.7 Å². The Morgan fingerprint density at radius 3 is 2.70 bits per heavy atom. The van der Waals surface area contributed by atoms with E-state index in [4.69, 9.17) is 0 Å². The Labute approximate surface area is 122 Å². The molecule has 2 N–H and O–H groups in total. The number of amides is 1. The van der Waals surface area contributed by atoms with E-state index in [0.29, 0.717) is 12.8 Å². The van der Waals surface area contributed by atoms with Crippen LogP contribution in [0.5, 0.6) is 0 Å². The molecule has 0 aliphatic heterocycles. The summed E-state index contributed by atoms with van der Waals surface area (Å²) in [6, 6.07) is 4.04. The Balaban J connectivity index is 1.93. The lowest BCUT2D eigenvalue weighted by Crippen LogP contribution is -2.43. The van der Waals surface area contributed by atoms with Crippen LogP contribution in [-0.4, -0.2) is 23.0 Å². The number of hydrogen-bond donors (Lipinski definition) is 2. The van der Waals surface area contributed by atoms with Crippen LogP contribution in [-0.2, 0) is 16.0 Å². The minimum Gasteiger partial charge on any atom is -0.481 e. The maximum Gasteiger partial charge on any atom is 0.307 e. The molecule has 20 heavy (non-hydrogen) atoms. The molecule has 1 unspecified atom stereocenters. The summed E-state index contributed by atoms with van der Waals surface area (Å²) in [5.41, 5.74) is 0. The largest absolute Gasteiger partial charge is 0.481 e. The summed E-state index contributed by atoms with van der Waals surface area (Å²) in [7, 11) is 0. The van der Waals surface area contributed by atoms with E-state index in [2.05, 4.69) is 5.32 Å². The summed E-state index contributed by atoms with van der Waals surface area (Å²) in [6.45, 7) is 1.95. The molecule has 1 aromatic rings. The molecule has 1 heterocycles. The quantitative estimate of drug-likeness (QED) is 0.820. The molecule has 1 aliphatic carbocycles. The molecular weight excluding hydrogens is 274 g/mol. The highest BCUT2D eigenvalue weighted by Gasteiger charge is 2.34. The van der Waals surface area contributed by atoms with E-state index < -0.39 is 17.8 Å². The first-order valence-electron chi connectivity index (χ1n) is 6.78. The van der Waals surface area contributed by atoms with Gasteiger partial charge in [0, 0.05) is 17.3 Å². The van der Waals surface area contributed by atoms with Crippen molar-refractivity contribution in [2.75, 3.05) is 0 Å². The van der Waals surface area contributed by atoms with Gasteiger partial charge in [0.25, 0.3) is 0 Å². The first-order valence-corrected chi connectivity index (χ1v) is 7.66. The molecule has 0 saturated heterocycles. The standard InChI is InChI=1S/C15H19NO3S/c1-10(9-11-5-4-8-20-11)16-14(17)12-6-2-3-7-13(12)15(18)19/h2-5,8,10,12-13H,6-7,9H2,1H3,(H,16,17)(H,18,19)/t10?,12-,13+/m1/s1. The van der Waals surface area contributed by atoms with Crippen molar-refractivity contribution in [3.63, 3.8) is 0 Å². The van der Waals surface area contributed by atoms with Gasteiger partial charge >= 0.3 is 5.97 Å². The Kier molecular flexibility index (Phi) is 4.95. The van der Waals surface area contributed by atoms with Crippen LogP contribution in [0.15, 0.2) is 29.7 Å². The van der Waals surface area contributed by atoms with Gasteiger partial charge in [-0.2, -0.15) is 0 Å². The zero-order valence-electron chi connectivity index (χ0n) is 11.4. The Morgan fingerprint density at radius 1 is 1.40 bits per heavy atom. The van der Waals surface area contributed by atoms with Gasteiger partial charge in [-0.05, 0) is 31.2 Å². The van der Waals surface area contributed by atoms with Gasteiger partial charge < -0.3 is 10.4 Å². The van der Waals surface area contributed by atoms with Crippen molar-refractivity contribution in [3.05, 3.63) is 34.5 Å². The number of thiophene rings is 1. The maximum atomic E-state index is 12.2. The van der Waals surface area contributed by atoms with Gasteiger partial charge in [0.2, 0.25) is 5.91 Å². The summed E-state index contributed by atoms with van der Waals surface area (Å²) >= 11 is 1.66. The molecular formula is C15H19NO3S. The lowest BCUT2D eigenvalue weighted by Gasteiger charge is -2.25. The molecule has 2 rings (SSSR count). The number of carboxylic acid groups (broad SMARTS) is 1. The van der Waals surface area contributed by atoms with Gasteiger partial charge in [0.05, 0.1) is 11.8 Å². The molecule has 3 atom stereocenters. The second-order valence-electron chi connectivity index (χ2n) is 5.19. The Hall–Kier alpha value is -1.62. The summed E-state index contributed by atoms with van der Waals surface area (Å²) in [6.07, 6.45) is 5.47. The van der Waals surface area contributed by atoms with Crippen molar-refractivity contribution in [2.45, 2.75) is 32.2 Å². The van der Waals surface area contributed by atoms with Crippen LogP contribution in [0.4, 0.5) is 0 Å². The second kappa shape index (κ2) is 6.70. The van der Waals surface area contributed by atoms with E-state index >= 15 is 0 Å². The minimum absolute atomic E-state index is 0.0153. The number of allylic oxidation sites excluding steroid dienone is 2. The van der Waals surface area contributed by atoms with Crippen LogP contribution in [0.3, 0.4) is 0 Å². The Bertz CT molecular complexity index is 495. The molecule has 0 saturated carbocycles. The summed E-state index contributed by atoms with van der Waals surface area (Å²) in [4.78, 5) is 24.7. The fourth-order valence-corrected chi connectivity index (χ4v) is 3.34. The van der Waals surface area contributed by atoms with E-state index in [1.54, 1.807) is 11.3 Å². The van der Waals surface area contributed by atoms with Gasteiger partial charge in [-0.15, -0.1) is 11.3 Å². The third-order valence-corrected chi connectivity index (χ3v) is 4.46. The van der Waals surface area contributed by atoms with E-state index in [1.165, 1.54) is 4.88 Å². The fraction of sp³-hybridized carbons (Fsp3) is 0.467. The van der Waals surface area contributed by atoms with Gasteiger partial charge in [0.1, 0.15) is 0 Å². The number of hydrogen-bond acceptors (Lipinski definition) is 3. The highest BCUT2D eigenvalue weighted by molar-refractivity contribution is 7.09. The molecule has 1 aliphatic rings. The molecule has 0 aromatic carbocycles. The number of carboxylic acids is 1. The van der Waals surface area contributed by atoms with Crippen LogP contribution in [0.2, 0.25) is 0 Å². The SMILES string of the molecule is CC(Cc1cccs1)NC(=O)[C@@H]1CC=CC[C@@H]1C(=O)O. The van der Waals surface area contributed by atoms with E-state index in [0.717, 1.165) is 6.42 Å². The number of rotatable bonds is 5. The molecule has 5 heteroatoms. The highest BCUT2D eigenvalue weighted by atomic mass is 32.1. The van der Waals surface area contributed by atoms with Crippen LogP contribution in [0.25, 0.3) is 0 Å². The summed E-state index contributed by atoms with van der Waals surface area (Å²) < 4.78 is 0. The van der Waals surface area contributed by atoms with Gasteiger partial charge in [-0.25, -0.2) is 0 Å². The van der Waals surface area contributed by atoms with Gasteiger partial charge in [0.15, 0.2) is 0 Å². The predicted molar refractivity (Wildman–Crippen MR) is 78.6 cm³/mol. The average molecular weight is 293 g/mol. The zero-order chi connectivity index (χ0) is 14.5. The van der Waals surface area contributed by atoms with Gasteiger partial charge in [-0.3, -0.25) is 9.59 Å². The topological polar surface area (TPSA) is 66.4 Å². The molecule has 0 radical (unpaired) electrons. The predicted octanol–water partition coefficient (Wildman–Crippen LogP) is 2.46. The van der Waals surface area contributed by atoms with E-state index in [9.17, 15) is 14.7 Å². The molecule has 1 aromatic heterocycles. The van der Waals surface area contributed by atoms with E-state index in [-0.39, 0.29) is 11.9 Å². The molecule has 0 fully saturated rings. The van der Waals surface area contributed by atoms with Crippen LogP contribution in [0, 0.1) is 11.8 Å². The van der Waals surface area contributed by atoms with Crippen molar-refractivity contribution in [3.8, 4) is 0 Å². The van der Waals surface area contributed by atoms with Crippen molar-refractivity contribution in [1.82, 2.24) is 5.32 Å². The fourth-order valence-electron chi connectivity index (χ4n) is 2.51. The smallest absolute Gasteiger partial charge is 0.307 e. The van der Waals surface area contributed by atoms with Crippen molar-refractivity contribution in [1.29, 1.82) is 0 Å². The summed E-state index contributed by atoms with van der Waals surface area (Å²) in [5, 5.41) is 14.1. The average Bonchev–Trinajstić information content (AvgIpc) is 2.91. The monoisotopic (exact) mass is 293 g/mol. The highest BCUT2D eigenvalue weighted by Crippen LogP contribution is 2.26. The summed E-state index contributed by atoms with van der Waals surface area (Å²) in [5.74, 6) is -2.09. The first kappa shape index (κ1) is 14.8. The third kappa shape index (κ3) is 3.70. The number of carbonyl (C=O) groups is 2. The molecule has 0 spiro atoms. The number of carbonyl (C=O) groups excluding carboxylic acids is 1. The number of aliphatic carboxylic acids is 1. The minimum atomic E-state index is -0.889.